The van der Waals surface area contributed by atoms with E-state index in [0.29, 0.717) is 6.04 Å². The molecule has 2 aromatic rings. The molecule has 2 aliphatic heterocycles. The van der Waals surface area contributed by atoms with Gasteiger partial charge in [-0.2, -0.15) is 0 Å². The fourth-order valence-electron chi connectivity index (χ4n) is 4.33. The summed E-state index contributed by atoms with van der Waals surface area (Å²) in [6, 6.07) is 6.73. The van der Waals surface area contributed by atoms with Gasteiger partial charge in [-0.15, -0.1) is 0 Å². The highest BCUT2D eigenvalue weighted by Gasteiger charge is 2.29. The summed E-state index contributed by atoms with van der Waals surface area (Å²) >= 11 is 0. The summed E-state index contributed by atoms with van der Waals surface area (Å²) < 4.78 is 2.02. The topological polar surface area (TPSA) is 41.4 Å². The van der Waals surface area contributed by atoms with Crippen LogP contribution in [0, 0.1) is 0 Å². The highest BCUT2D eigenvalue weighted by molar-refractivity contribution is 5.77. The lowest BCUT2D eigenvalue weighted by Gasteiger charge is -2.41. The SMILES string of the molecule is O=CC(N1CCC(N2CCCCC2)CC1)n1ccc2cccnc21. The Morgan fingerprint density at radius 1 is 1.08 bits per heavy atom. The molecule has 0 saturated carbocycles. The normalized spacial score (nSPS) is 22.7. The number of piperidine rings is 2. The second kappa shape index (κ2) is 7.03. The number of hydrogen-bond acceptors (Lipinski definition) is 4. The van der Waals surface area contributed by atoms with E-state index in [2.05, 4.69) is 14.8 Å². The Morgan fingerprint density at radius 2 is 1.88 bits per heavy atom. The number of carbonyl (C=O) groups is 1. The van der Waals surface area contributed by atoms with Crippen LogP contribution in [0.1, 0.15) is 38.3 Å². The molecule has 0 amide bonds. The maximum Gasteiger partial charge on any atom is 0.157 e. The number of aromatic nitrogens is 2. The van der Waals surface area contributed by atoms with Gasteiger partial charge in [-0.3, -0.25) is 9.69 Å². The Bertz CT molecular complexity index is 683. The van der Waals surface area contributed by atoms with Crippen LogP contribution in [0.4, 0.5) is 0 Å². The van der Waals surface area contributed by atoms with E-state index in [1.807, 2.05) is 29.0 Å². The summed E-state index contributed by atoms with van der Waals surface area (Å²) in [6.45, 7) is 4.48. The van der Waals surface area contributed by atoms with Gasteiger partial charge in [-0.25, -0.2) is 4.98 Å². The van der Waals surface area contributed by atoms with Crippen molar-refractivity contribution < 1.29 is 4.79 Å². The van der Waals surface area contributed by atoms with Crippen LogP contribution in [-0.2, 0) is 4.79 Å². The fraction of sp³-hybridized carbons (Fsp3) is 0.579. The number of rotatable bonds is 4. The van der Waals surface area contributed by atoms with Gasteiger partial charge in [-0.1, -0.05) is 6.42 Å². The summed E-state index contributed by atoms with van der Waals surface area (Å²) in [5.41, 5.74) is 0.896. The van der Waals surface area contributed by atoms with Gasteiger partial charge in [0.1, 0.15) is 11.8 Å². The molecule has 1 atom stereocenters. The first-order valence-corrected chi connectivity index (χ1v) is 9.22. The van der Waals surface area contributed by atoms with E-state index < -0.39 is 0 Å². The van der Waals surface area contributed by atoms with Crippen molar-refractivity contribution in [3.8, 4) is 0 Å². The van der Waals surface area contributed by atoms with Gasteiger partial charge < -0.3 is 9.47 Å². The van der Waals surface area contributed by atoms with Crippen molar-refractivity contribution in [2.75, 3.05) is 26.2 Å². The van der Waals surface area contributed by atoms with Crippen LogP contribution < -0.4 is 0 Å². The minimum absolute atomic E-state index is 0.236. The average molecular weight is 326 g/mol. The van der Waals surface area contributed by atoms with Crippen LogP contribution >= 0.6 is 0 Å². The maximum absolute atomic E-state index is 11.8. The van der Waals surface area contributed by atoms with E-state index in [1.165, 1.54) is 32.4 Å². The van der Waals surface area contributed by atoms with E-state index in [9.17, 15) is 4.79 Å². The standard InChI is InChI=1S/C19H26N4O/c24-15-18(23-14-6-16-5-4-9-20-19(16)23)22-12-7-17(8-13-22)21-10-2-1-3-11-21/h4-6,9,14-15,17-18H,1-3,7-8,10-13H2. The first kappa shape index (κ1) is 15.8. The fourth-order valence-corrected chi connectivity index (χ4v) is 4.33. The molecule has 24 heavy (non-hydrogen) atoms. The molecule has 1 unspecified atom stereocenters. The van der Waals surface area contributed by atoms with Gasteiger partial charge in [0, 0.05) is 36.9 Å². The first-order valence-electron chi connectivity index (χ1n) is 9.22. The van der Waals surface area contributed by atoms with Gasteiger partial charge in [0.25, 0.3) is 0 Å². The van der Waals surface area contributed by atoms with Crippen molar-refractivity contribution in [2.24, 2.45) is 0 Å². The predicted octanol–water partition coefficient (Wildman–Crippen LogP) is 2.68. The lowest BCUT2D eigenvalue weighted by molar-refractivity contribution is -0.116. The highest BCUT2D eigenvalue weighted by Crippen LogP contribution is 2.26. The molecule has 0 aliphatic carbocycles. The molecule has 2 saturated heterocycles. The van der Waals surface area contributed by atoms with Gasteiger partial charge in [-0.05, 0) is 57.0 Å². The second-order valence-corrected chi connectivity index (χ2v) is 7.05. The molecule has 4 heterocycles. The largest absolute Gasteiger partial charge is 0.309 e. The summed E-state index contributed by atoms with van der Waals surface area (Å²) in [5, 5.41) is 1.09. The Balaban J connectivity index is 1.46. The quantitative estimate of drug-likeness (QED) is 0.810. The van der Waals surface area contributed by atoms with Gasteiger partial charge in [0.15, 0.2) is 6.29 Å². The molecular formula is C19H26N4O. The monoisotopic (exact) mass is 326 g/mol. The summed E-state index contributed by atoms with van der Waals surface area (Å²) in [5.74, 6) is 0. The zero-order valence-corrected chi connectivity index (χ0v) is 14.2. The third kappa shape index (κ3) is 2.98. The zero-order valence-electron chi connectivity index (χ0n) is 14.2. The Labute approximate surface area is 143 Å². The Morgan fingerprint density at radius 3 is 2.62 bits per heavy atom. The molecule has 2 aliphatic rings. The lowest BCUT2D eigenvalue weighted by Crippen LogP contribution is -2.48. The average Bonchev–Trinajstić information content (AvgIpc) is 3.08. The lowest BCUT2D eigenvalue weighted by atomic mass is 9.99. The zero-order chi connectivity index (χ0) is 16.4. The number of pyridine rings is 1. The maximum atomic E-state index is 11.8. The number of aldehydes is 1. The molecule has 0 spiro atoms. The number of likely N-dealkylation sites (tertiary alicyclic amines) is 2. The van der Waals surface area contributed by atoms with Crippen molar-refractivity contribution in [3.63, 3.8) is 0 Å². The predicted molar refractivity (Wildman–Crippen MR) is 94.9 cm³/mol. The third-order valence-electron chi connectivity index (χ3n) is 5.66. The molecule has 0 N–H and O–H groups in total. The molecule has 5 nitrogen and oxygen atoms in total. The molecule has 128 valence electrons. The molecule has 5 heteroatoms. The minimum atomic E-state index is -0.236. The van der Waals surface area contributed by atoms with Gasteiger partial charge >= 0.3 is 0 Å². The van der Waals surface area contributed by atoms with Crippen molar-refractivity contribution in [1.29, 1.82) is 0 Å². The molecule has 2 fully saturated rings. The third-order valence-corrected chi connectivity index (χ3v) is 5.66. The summed E-state index contributed by atoms with van der Waals surface area (Å²) in [4.78, 5) is 21.3. The molecule has 0 bridgehead atoms. The van der Waals surface area contributed by atoms with E-state index in [4.69, 9.17) is 0 Å². The van der Waals surface area contributed by atoms with Gasteiger partial charge in [0.2, 0.25) is 0 Å². The van der Waals surface area contributed by atoms with Crippen LogP contribution in [0.2, 0.25) is 0 Å². The summed E-state index contributed by atoms with van der Waals surface area (Å²) in [6.07, 6.45) is 11.0. The van der Waals surface area contributed by atoms with Crippen LogP contribution in [0.25, 0.3) is 11.0 Å². The first-order chi connectivity index (χ1) is 11.9. The number of fused-ring (bicyclic) bond motifs is 1. The van der Waals surface area contributed by atoms with Crippen molar-refractivity contribution in [1.82, 2.24) is 19.4 Å². The van der Waals surface area contributed by atoms with E-state index >= 15 is 0 Å². The van der Waals surface area contributed by atoms with Crippen molar-refractivity contribution in [2.45, 2.75) is 44.3 Å². The molecule has 4 rings (SSSR count). The highest BCUT2D eigenvalue weighted by atomic mass is 16.1. The Kier molecular flexibility index (Phi) is 4.63. The summed E-state index contributed by atoms with van der Waals surface area (Å²) in [7, 11) is 0. The number of nitrogens with zero attached hydrogens (tertiary/aromatic N) is 4. The molecule has 0 aromatic carbocycles. The molecule has 0 radical (unpaired) electrons. The number of hydrogen-bond donors (Lipinski definition) is 0. The van der Waals surface area contributed by atoms with E-state index in [0.717, 1.165) is 43.3 Å². The van der Waals surface area contributed by atoms with E-state index in [1.54, 1.807) is 6.20 Å². The smallest absolute Gasteiger partial charge is 0.157 e. The molecular weight excluding hydrogens is 300 g/mol. The van der Waals surface area contributed by atoms with Crippen molar-refractivity contribution >= 4 is 17.3 Å². The van der Waals surface area contributed by atoms with Crippen molar-refractivity contribution in [3.05, 3.63) is 30.6 Å². The van der Waals surface area contributed by atoms with Crippen LogP contribution in [-0.4, -0.2) is 57.9 Å². The van der Waals surface area contributed by atoms with Crippen LogP contribution in [0.15, 0.2) is 30.6 Å². The van der Waals surface area contributed by atoms with Crippen LogP contribution in [0.3, 0.4) is 0 Å². The molecule has 2 aromatic heterocycles. The minimum Gasteiger partial charge on any atom is -0.309 e. The van der Waals surface area contributed by atoms with Crippen LogP contribution in [0.5, 0.6) is 0 Å². The second-order valence-electron chi connectivity index (χ2n) is 7.05. The van der Waals surface area contributed by atoms with Gasteiger partial charge in [0.05, 0.1) is 0 Å². The number of carbonyl (C=O) groups excluding carboxylic acids is 1. The Hall–Kier alpha value is -1.72. The van der Waals surface area contributed by atoms with E-state index in [-0.39, 0.29) is 6.17 Å².